The second-order valence-electron chi connectivity index (χ2n) is 5.66. The van der Waals surface area contributed by atoms with Crippen LogP contribution in [-0.4, -0.2) is 33.3 Å². The molecule has 6 heteroatoms. The monoisotopic (exact) mass is 334 g/mol. The van der Waals surface area contributed by atoms with E-state index in [1.807, 2.05) is 0 Å². The average Bonchev–Trinajstić information content (AvgIpc) is 2.52. The summed E-state index contributed by atoms with van der Waals surface area (Å²) in [5.74, 6) is -0.553. The topological polar surface area (TPSA) is 96.8 Å². The van der Waals surface area contributed by atoms with E-state index in [1.165, 1.54) is 38.5 Å². The highest BCUT2D eigenvalue weighted by Gasteiger charge is 2.38. The molecule has 140 valence electrons. The molecule has 0 rings (SSSR count). The highest BCUT2D eigenvalue weighted by Crippen LogP contribution is 2.32. The van der Waals surface area contributed by atoms with Crippen LogP contribution in [0.1, 0.15) is 71.6 Å². The van der Waals surface area contributed by atoms with Crippen LogP contribution in [0.25, 0.3) is 0 Å². The minimum atomic E-state index is -0.862. The van der Waals surface area contributed by atoms with Crippen LogP contribution < -0.4 is 11.5 Å². The van der Waals surface area contributed by atoms with E-state index in [1.54, 1.807) is 21.3 Å². The zero-order valence-corrected chi connectivity index (χ0v) is 15.7. The molecule has 0 saturated carbocycles. The average molecular weight is 335 g/mol. The second-order valence-corrected chi connectivity index (χ2v) is 5.66. The summed E-state index contributed by atoms with van der Waals surface area (Å²) in [6, 6.07) is -0.833. The van der Waals surface area contributed by atoms with Gasteiger partial charge in [0.15, 0.2) is 0 Å². The number of rotatable bonds is 13. The van der Waals surface area contributed by atoms with Gasteiger partial charge in [-0.25, -0.2) is 4.79 Å². The van der Waals surface area contributed by atoms with E-state index in [0.717, 1.165) is 19.3 Å². The third kappa shape index (κ3) is 12.3. The largest absolute Gasteiger partial charge is 0.352 e. The van der Waals surface area contributed by atoms with Crippen LogP contribution >= 0.6 is 0 Å². The quantitative estimate of drug-likeness (QED) is 0.396. The van der Waals surface area contributed by atoms with Gasteiger partial charge in [0.25, 0.3) is 5.97 Å². The Labute approximate surface area is 142 Å². The maximum absolute atomic E-state index is 9.00. The van der Waals surface area contributed by atoms with Crippen molar-refractivity contribution in [1.82, 2.24) is 0 Å². The highest BCUT2D eigenvalue weighted by atomic mass is 16.9. The Bertz CT molecular complexity index is 259. The number of hydrogen-bond donors (Lipinski definition) is 2. The minimum absolute atomic E-state index is 0.309. The number of urea groups is 1. The molecule has 2 amide bonds. The Balaban J connectivity index is 0. The normalized spacial score (nSPS) is 12.4. The van der Waals surface area contributed by atoms with Gasteiger partial charge in [0.05, 0.1) is 0 Å². The molecule has 0 spiro atoms. The maximum atomic E-state index is 9.00. The molecule has 1 unspecified atom stereocenters. The fourth-order valence-electron chi connectivity index (χ4n) is 2.77. The van der Waals surface area contributed by atoms with Crippen molar-refractivity contribution >= 4 is 6.03 Å². The molecule has 0 aliphatic carbocycles. The molecule has 0 fully saturated rings. The lowest BCUT2D eigenvalue weighted by molar-refractivity contribution is -0.380. The lowest BCUT2D eigenvalue weighted by atomic mass is 9.93. The van der Waals surface area contributed by atoms with Crippen LogP contribution in [0.2, 0.25) is 0 Å². The van der Waals surface area contributed by atoms with E-state index in [4.69, 9.17) is 19.0 Å². The summed E-state index contributed by atoms with van der Waals surface area (Å²) >= 11 is 0. The molecule has 0 aromatic carbocycles. The van der Waals surface area contributed by atoms with Crippen LogP contribution in [0, 0.1) is 5.92 Å². The predicted octanol–water partition coefficient (Wildman–Crippen LogP) is 3.77. The van der Waals surface area contributed by atoms with Gasteiger partial charge in [-0.1, -0.05) is 58.8 Å². The lowest BCUT2D eigenvalue weighted by Gasteiger charge is -2.36. The Morgan fingerprint density at radius 3 is 1.65 bits per heavy atom. The molecule has 0 aromatic rings. The van der Waals surface area contributed by atoms with E-state index in [0.29, 0.717) is 5.92 Å². The molecule has 0 aromatic heterocycles. The van der Waals surface area contributed by atoms with E-state index < -0.39 is 12.0 Å². The van der Waals surface area contributed by atoms with Crippen molar-refractivity contribution < 1.29 is 19.0 Å². The number of hydrogen-bond acceptors (Lipinski definition) is 4. The van der Waals surface area contributed by atoms with Gasteiger partial charge in [0.2, 0.25) is 0 Å². The van der Waals surface area contributed by atoms with E-state index in [9.17, 15) is 0 Å². The molecule has 0 bridgehead atoms. The number of carbonyl (C=O) groups is 1. The number of unbranched alkanes of at least 4 members (excludes halogenated alkanes) is 5. The van der Waals surface area contributed by atoms with Crippen molar-refractivity contribution in [3.05, 3.63) is 0 Å². The Hall–Kier alpha value is -0.850. The molecule has 0 radical (unpaired) electrons. The van der Waals surface area contributed by atoms with Crippen LogP contribution in [0.15, 0.2) is 0 Å². The first-order valence-corrected chi connectivity index (χ1v) is 8.64. The molecule has 0 saturated heterocycles. The molecule has 1 atom stereocenters. The number of methoxy groups -OCH3 is 3. The Morgan fingerprint density at radius 2 is 1.26 bits per heavy atom. The van der Waals surface area contributed by atoms with Gasteiger partial charge in [-0.15, -0.1) is 0 Å². The first-order valence-electron chi connectivity index (χ1n) is 8.64. The maximum Gasteiger partial charge on any atom is 0.309 e. The fraction of sp³-hybridized carbons (Fsp3) is 0.941. The Kier molecular flexibility index (Phi) is 17.0. The second kappa shape index (κ2) is 16.0. The molecule has 0 heterocycles. The van der Waals surface area contributed by atoms with Crippen LogP contribution in [0.4, 0.5) is 4.79 Å². The third-order valence-corrected chi connectivity index (χ3v) is 3.90. The van der Waals surface area contributed by atoms with Gasteiger partial charge < -0.3 is 25.7 Å². The standard InChI is InChI=1S/C16H34O3.CH4N2O/c1-6-8-9-10-11-12-14-15(13-7-2)16(17-3,18-4)19-5;2-1(3)4/h15H,6-14H2,1-5H3;(H4,2,3,4). The summed E-state index contributed by atoms with van der Waals surface area (Å²) in [5.41, 5.74) is 8.50. The first kappa shape index (κ1) is 24.4. The lowest BCUT2D eigenvalue weighted by Crippen LogP contribution is -2.44. The number of nitrogens with two attached hydrogens (primary N) is 2. The van der Waals surface area contributed by atoms with Crippen molar-refractivity contribution in [1.29, 1.82) is 0 Å². The van der Waals surface area contributed by atoms with Crippen molar-refractivity contribution in [3.8, 4) is 0 Å². The molecule has 4 N–H and O–H groups in total. The zero-order valence-electron chi connectivity index (χ0n) is 15.7. The third-order valence-electron chi connectivity index (χ3n) is 3.90. The van der Waals surface area contributed by atoms with Crippen molar-refractivity contribution in [2.45, 2.75) is 77.6 Å². The summed E-state index contributed by atoms with van der Waals surface area (Å²) < 4.78 is 16.5. The fourth-order valence-corrected chi connectivity index (χ4v) is 2.77. The predicted molar refractivity (Wildman–Crippen MR) is 93.9 cm³/mol. The van der Waals surface area contributed by atoms with Crippen molar-refractivity contribution in [3.63, 3.8) is 0 Å². The summed E-state index contributed by atoms with van der Waals surface area (Å²) in [4.78, 5) is 9.00. The molecule has 23 heavy (non-hydrogen) atoms. The van der Waals surface area contributed by atoms with Crippen molar-refractivity contribution in [2.75, 3.05) is 21.3 Å². The summed E-state index contributed by atoms with van der Waals surface area (Å²) in [6.45, 7) is 4.45. The smallest absolute Gasteiger partial charge is 0.309 e. The van der Waals surface area contributed by atoms with Gasteiger partial charge in [0, 0.05) is 27.2 Å². The summed E-state index contributed by atoms with van der Waals surface area (Å²) in [6.07, 6.45) is 11.2. The van der Waals surface area contributed by atoms with Crippen LogP contribution in [-0.2, 0) is 14.2 Å². The van der Waals surface area contributed by atoms with E-state index in [-0.39, 0.29) is 0 Å². The first-order chi connectivity index (χ1) is 10.9. The SMILES string of the molecule is CCCCCCCCC(CCC)C(OC)(OC)OC.NC(N)=O. The number of carbonyl (C=O) groups excluding carboxylic acids is 1. The molecule has 6 nitrogen and oxygen atoms in total. The van der Waals surface area contributed by atoms with Crippen LogP contribution in [0.5, 0.6) is 0 Å². The van der Waals surface area contributed by atoms with E-state index in [2.05, 4.69) is 25.3 Å². The highest BCUT2D eigenvalue weighted by molar-refractivity contribution is 5.69. The molecule has 0 aliphatic rings. The van der Waals surface area contributed by atoms with E-state index >= 15 is 0 Å². The molecular weight excluding hydrogens is 296 g/mol. The molecule has 0 aliphatic heterocycles. The summed E-state index contributed by atoms with van der Waals surface area (Å²) in [5, 5.41) is 0. The molecular formula is C17H38N2O4. The summed E-state index contributed by atoms with van der Waals surface area (Å²) in [7, 11) is 4.99. The number of amides is 2. The van der Waals surface area contributed by atoms with Gasteiger partial charge in [-0.2, -0.15) is 0 Å². The van der Waals surface area contributed by atoms with Gasteiger partial charge >= 0.3 is 6.03 Å². The van der Waals surface area contributed by atoms with Crippen LogP contribution in [0.3, 0.4) is 0 Å². The zero-order chi connectivity index (χ0) is 18.1. The van der Waals surface area contributed by atoms with Crippen molar-refractivity contribution in [2.24, 2.45) is 17.4 Å². The van der Waals surface area contributed by atoms with Gasteiger partial charge in [-0.05, 0) is 12.8 Å². The minimum Gasteiger partial charge on any atom is -0.352 e. The van der Waals surface area contributed by atoms with Gasteiger partial charge in [0.1, 0.15) is 0 Å². The van der Waals surface area contributed by atoms with Gasteiger partial charge in [-0.3, -0.25) is 0 Å². The number of primary amides is 2. The Morgan fingerprint density at radius 1 is 0.826 bits per heavy atom. The number of ether oxygens (including phenoxy) is 3.